The van der Waals surface area contributed by atoms with Crippen molar-refractivity contribution in [3.8, 4) is 0 Å². The van der Waals surface area contributed by atoms with Gasteiger partial charge in [-0.25, -0.2) is 9.18 Å². The van der Waals surface area contributed by atoms with Crippen LogP contribution in [0.1, 0.15) is 0 Å². The number of halogens is 1. The summed E-state index contributed by atoms with van der Waals surface area (Å²) in [6.45, 7) is -0.106. The van der Waals surface area contributed by atoms with Crippen molar-refractivity contribution in [1.29, 1.82) is 0 Å². The van der Waals surface area contributed by atoms with E-state index >= 15 is 0 Å². The average molecular weight is 119 g/mol. The lowest BCUT2D eigenvalue weighted by Crippen LogP contribution is -2.61. The number of aliphatic carboxylic acids is 1. The molecule has 0 aliphatic carbocycles. The third-order valence-corrected chi connectivity index (χ3v) is 1.19. The van der Waals surface area contributed by atoms with Gasteiger partial charge in [0, 0.05) is 13.1 Å². The van der Waals surface area contributed by atoms with Crippen molar-refractivity contribution in [2.24, 2.45) is 0 Å². The molecule has 46 valence electrons. The van der Waals surface area contributed by atoms with E-state index in [0.717, 1.165) is 0 Å². The summed E-state index contributed by atoms with van der Waals surface area (Å²) in [5.74, 6) is -1.36. The molecule has 0 spiro atoms. The van der Waals surface area contributed by atoms with Gasteiger partial charge in [-0.15, -0.1) is 0 Å². The molecule has 0 unspecified atom stereocenters. The van der Waals surface area contributed by atoms with Crippen LogP contribution in [0.25, 0.3) is 0 Å². The summed E-state index contributed by atoms with van der Waals surface area (Å²) < 4.78 is 12.4. The maximum absolute atomic E-state index is 12.4. The van der Waals surface area contributed by atoms with Gasteiger partial charge in [0.05, 0.1) is 0 Å². The van der Waals surface area contributed by atoms with E-state index in [1.807, 2.05) is 0 Å². The number of nitrogens with one attached hydrogen (secondary N) is 1. The molecule has 0 amide bonds. The summed E-state index contributed by atoms with van der Waals surface area (Å²) in [6.07, 6.45) is 0. The Morgan fingerprint density at radius 2 is 2.25 bits per heavy atom. The summed E-state index contributed by atoms with van der Waals surface area (Å²) in [5, 5.41) is 10.6. The molecule has 0 bridgehead atoms. The minimum Gasteiger partial charge on any atom is -0.479 e. The molecule has 1 aliphatic rings. The molecule has 3 nitrogen and oxygen atoms in total. The molecular weight excluding hydrogens is 113 g/mol. The Balaban J connectivity index is 2.53. The second-order valence-corrected chi connectivity index (χ2v) is 1.87. The zero-order valence-corrected chi connectivity index (χ0v) is 4.15. The topological polar surface area (TPSA) is 49.3 Å². The molecule has 0 radical (unpaired) electrons. The lowest BCUT2D eigenvalue weighted by Gasteiger charge is -2.29. The summed E-state index contributed by atoms with van der Waals surface area (Å²) in [5.41, 5.74) is -1.97. The molecule has 1 aliphatic heterocycles. The molecule has 1 fully saturated rings. The Bertz CT molecular complexity index is 121. The van der Waals surface area contributed by atoms with Crippen LogP contribution in [0.5, 0.6) is 0 Å². The normalized spacial score (nSPS) is 24.1. The molecule has 8 heavy (non-hydrogen) atoms. The SMILES string of the molecule is O=C(O)C1(F)CNC1. The van der Waals surface area contributed by atoms with Crippen LogP contribution in [0.2, 0.25) is 0 Å². The van der Waals surface area contributed by atoms with Gasteiger partial charge in [0.2, 0.25) is 5.67 Å². The fourth-order valence-electron chi connectivity index (χ4n) is 0.496. The van der Waals surface area contributed by atoms with Gasteiger partial charge in [-0.05, 0) is 0 Å². The molecule has 0 atom stereocenters. The molecule has 1 rings (SSSR count). The molecule has 0 aromatic carbocycles. The van der Waals surface area contributed by atoms with Crippen LogP contribution in [0, 0.1) is 0 Å². The van der Waals surface area contributed by atoms with Crippen LogP contribution in [0.4, 0.5) is 4.39 Å². The standard InChI is InChI=1S/C4H6FNO2/c5-4(3(7)8)1-6-2-4/h6H,1-2H2,(H,7,8). The van der Waals surface area contributed by atoms with Crippen LogP contribution in [-0.4, -0.2) is 29.8 Å². The Labute approximate surface area is 45.5 Å². The van der Waals surface area contributed by atoms with Crippen LogP contribution >= 0.6 is 0 Å². The highest BCUT2D eigenvalue weighted by atomic mass is 19.1. The molecule has 0 saturated carbocycles. The Morgan fingerprint density at radius 1 is 1.75 bits per heavy atom. The van der Waals surface area contributed by atoms with Crippen molar-refractivity contribution in [3.05, 3.63) is 0 Å². The second-order valence-electron chi connectivity index (χ2n) is 1.87. The summed E-state index contributed by atoms with van der Waals surface area (Å²) >= 11 is 0. The van der Waals surface area contributed by atoms with E-state index in [1.54, 1.807) is 0 Å². The maximum Gasteiger partial charge on any atom is 0.344 e. The van der Waals surface area contributed by atoms with Crippen molar-refractivity contribution in [2.75, 3.05) is 13.1 Å². The third kappa shape index (κ3) is 0.571. The van der Waals surface area contributed by atoms with Crippen LogP contribution in [0.15, 0.2) is 0 Å². The largest absolute Gasteiger partial charge is 0.479 e. The number of carboxylic acid groups (broad SMARTS) is 1. The minimum atomic E-state index is -1.97. The molecule has 1 heterocycles. The average Bonchev–Trinajstić information content (AvgIpc) is 1.60. The number of rotatable bonds is 1. The Morgan fingerprint density at radius 3 is 2.25 bits per heavy atom. The van der Waals surface area contributed by atoms with Crippen molar-refractivity contribution in [2.45, 2.75) is 5.67 Å². The fraction of sp³-hybridized carbons (Fsp3) is 0.750. The zero-order valence-electron chi connectivity index (χ0n) is 4.15. The molecule has 2 N–H and O–H groups in total. The number of alkyl halides is 1. The molecule has 1 saturated heterocycles. The monoisotopic (exact) mass is 119 g/mol. The van der Waals surface area contributed by atoms with Gasteiger partial charge in [0.1, 0.15) is 0 Å². The van der Waals surface area contributed by atoms with Crippen LogP contribution in [0.3, 0.4) is 0 Å². The van der Waals surface area contributed by atoms with Crippen molar-refractivity contribution in [3.63, 3.8) is 0 Å². The lowest BCUT2D eigenvalue weighted by atomic mass is 10.0. The van der Waals surface area contributed by atoms with Gasteiger partial charge < -0.3 is 10.4 Å². The maximum atomic E-state index is 12.4. The van der Waals surface area contributed by atoms with E-state index in [4.69, 9.17) is 5.11 Å². The number of hydrogen-bond acceptors (Lipinski definition) is 2. The van der Waals surface area contributed by atoms with E-state index in [0.29, 0.717) is 0 Å². The van der Waals surface area contributed by atoms with E-state index in [1.165, 1.54) is 0 Å². The quantitative estimate of drug-likeness (QED) is 0.483. The van der Waals surface area contributed by atoms with Gasteiger partial charge in [-0.3, -0.25) is 0 Å². The van der Waals surface area contributed by atoms with Gasteiger partial charge in [0.15, 0.2) is 0 Å². The first kappa shape index (κ1) is 5.50. The molecule has 0 aromatic heterocycles. The Kier molecular flexibility index (Phi) is 0.973. The number of hydrogen-bond donors (Lipinski definition) is 2. The minimum absolute atomic E-state index is 0.0532. The number of carboxylic acids is 1. The highest BCUT2D eigenvalue weighted by Crippen LogP contribution is 2.15. The van der Waals surface area contributed by atoms with Crippen LogP contribution < -0.4 is 5.32 Å². The smallest absolute Gasteiger partial charge is 0.344 e. The zero-order chi connectivity index (χ0) is 6.20. The highest BCUT2D eigenvalue weighted by molar-refractivity contribution is 5.79. The molecular formula is C4H6FNO2. The van der Waals surface area contributed by atoms with Gasteiger partial charge in [-0.2, -0.15) is 0 Å². The fourth-order valence-corrected chi connectivity index (χ4v) is 0.496. The Hall–Kier alpha value is -0.640. The van der Waals surface area contributed by atoms with Gasteiger partial charge in [0.25, 0.3) is 0 Å². The first-order valence-corrected chi connectivity index (χ1v) is 2.28. The van der Waals surface area contributed by atoms with E-state index < -0.39 is 11.6 Å². The van der Waals surface area contributed by atoms with Crippen molar-refractivity contribution >= 4 is 5.97 Å². The highest BCUT2D eigenvalue weighted by Gasteiger charge is 2.44. The second kappa shape index (κ2) is 1.42. The predicted octanol–water partition coefficient (Wildman–Crippen LogP) is -0.618. The summed E-state index contributed by atoms with van der Waals surface area (Å²) in [4.78, 5) is 9.89. The first-order valence-electron chi connectivity index (χ1n) is 2.28. The molecule has 0 aromatic rings. The number of carbonyl (C=O) groups is 1. The van der Waals surface area contributed by atoms with Gasteiger partial charge in [-0.1, -0.05) is 0 Å². The van der Waals surface area contributed by atoms with E-state index in [9.17, 15) is 9.18 Å². The van der Waals surface area contributed by atoms with Crippen molar-refractivity contribution in [1.82, 2.24) is 5.32 Å². The predicted molar refractivity (Wildman–Crippen MR) is 24.3 cm³/mol. The van der Waals surface area contributed by atoms with Crippen molar-refractivity contribution < 1.29 is 14.3 Å². The summed E-state index contributed by atoms with van der Waals surface area (Å²) in [7, 11) is 0. The third-order valence-electron chi connectivity index (χ3n) is 1.19. The van der Waals surface area contributed by atoms with Crippen LogP contribution in [-0.2, 0) is 4.79 Å². The molecule has 4 heteroatoms. The van der Waals surface area contributed by atoms with Gasteiger partial charge >= 0.3 is 5.97 Å². The van der Waals surface area contributed by atoms with E-state index in [-0.39, 0.29) is 13.1 Å². The summed E-state index contributed by atoms with van der Waals surface area (Å²) in [6, 6.07) is 0. The first-order chi connectivity index (χ1) is 3.65. The lowest BCUT2D eigenvalue weighted by molar-refractivity contribution is -0.154. The van der Waals surface area contributed by atoms with E-state index in [2.05, 4.69) is 5.32 Å².